The van der Waals surface area contributed by atoms with E-state index in [1.807, 2.05) is 0 Å². The number of hydrogen-bond acceptors (Lipinski definition) is 5. The van der Waals surface area contributed by atoms with Crippen LogP contribution in [0.3, 0.4) is 0 Å². The summed E-state index contributed by atoms with van der Waals surface area (Å²) in [5.41, 5.74) is 0. The summed E-state index contributed by atoms with van der Waals surface area (Å²) in [4.78, 5) is 15.5. The van der Waals surface area contributed by atoms with Crippen LogP contribution in [0.1, 0.15) is 20.8 Å². The largest absolute Gasteiger partial charge is 0.372 e. The molecule has 0 saturated carbocycles. The van der Waals surface area contributed by atoms with Crippen LogP contribution in [-0.2, 0) is 14.8 Å². The Kier molecular flexibility index (Phi) is 5.94. The smallest absolute Gasteiger partial charge is 0.242 e. The zero-order chi connectivity index (χ0) is 16.2. The van der Waals surface area contributed by atoms with E-state index in [-0.39, 0.29) is 16.0 Å². The Labute approximate surface area is 129 Å². The molecule has 21 heavy (non-hydrogen) atoms. The Bertz CT molecular complexity index is 619. The summed E-state index contributed by atoms with van der Waals surface area (Å²) < 4.78 is 26.6. The Morgan fingerprint density at radius 1 is 1.33 bits per heavy atom. The zero-order valence-corrected chi connectivity index (χ0v) is 13.8. The van der Waals surface area contributed by atoms with Crippen molar-refractivity contribution >= 4 is 33.3 Å². The van der Waals surface area contributed by atoms with Crippen molar-refractivity contribution in [1.29, 1.82) is 0 Å². The van der Waals surface area contributed by atoms with E-state index in [9.17, 15) is 13.2 Å². The first-order valence-electron chi connectivity index (χ1n) is 6.33. The summed E-state index contributed by atoms with van der Waals surface area (Å²) >= 11 is 5.91. The Balaban J connectivity index is 2.91. The lowest BCUT2D eigenvalue weighted by atomic mass is 10.3. The van der Waals surface area contributed by atoms with Crippen molar-refractivity contribution in [3.8, 4) is 0 Å². The van der Waals surface area contributed by atoms with Crippen LogP contribution in [0.25, 0.3) is 0 Å². The molecule has 1 heterocycles. The molecule has 118 valence electrons. The summed E-state index contributed by atoms with van der Waals surface area (Å²) in [5.74, 6) is -0.0271. The lowest BCUT2D eigenvalue weighted by Gasteiger charge is -2.16. The minimum Gasteiger partial charge on any atom is -0.372 e. The number of sulfonamides is 1. The number of aromatic nitrogens is 1. The fourth-order valence-electron chi connectivity index (χ4n) is 1.52. The van der Waals surface area contributed by atoms with Gasteiger partial charge in [0.2, 0.25) is 15.9 Å². The predicted octanol–water partition coefficient (Wildman–Crippen LogP) is 0.968. The number of carbonyl (C=O) groups is 1. The van der Waals surface area contributed by atoms with Crippen LogP contribution in [0, 0.1) is 0 Å². The minimum absolute atomic E-state index is 0.0736. The normalized spacial score (nSPS) is 13.0. The average Bonchev–Trinajstić information content (AvgIpc) is 2.37. The summed E-state index contributed by atoms with van der Waals surface area (Å²) in [6.07, 6.45) is 1.17. The highest BCUT2D eigenvalue weighted by Gasteiger charge is 2.23. The molecular weight excluding hydrogens is 316 g/mol. The standard InChI is InChI=1S/C12H19ClN4O3S/c1-7(2)16-12(18)8(3)17-21(19,20)9-5-10(13)11(14-4)15-6-9/h5-8,17H,1-4H3,(H,14,15)(H,16,18). The number of carbonyl (C=O) groups excluding carboxylic acids is 1. The van der Waals surface area contributed by atoms with E-state index in [2.05, 4.69) is 20.3 Å². The SMILES string of the molecule is CNc1ncc(S(=O)(=O)NC(C)C(=O)NC(C)C)cc1Cl. The van der Waals surface area contributed by atoms with Crippen molar-refractivity contribution in [1.82, 2.24) is 15.0 Å². The third-order valence-corrected chi connectivity index (χ3v) is 4.32. The molecular formula is C12H19ClN4O3S. The van der Waals surface area contributed by atoms with E-state index < -0.39 is 22.0 Å². The molecule has 0 fully saturated rings. The molecule has 9 heteroatoms. The highest BCUT2D eigenvalue weighted by atomic mass is 35.5. The monoisotopic (exact) mass is 334 g/mol. The van der Waals surface area contributed by atoms with Crippen molar-refractivity contribution in [2.45, 2.75) is 37.8 Å². The molecule has 0 radical (unpaired) electrons. The molecule has 0 aliphatic carbocycles. The number of amides is 1. The molecule has 1 atom stereocenters. The topological polar surface area (TPSA) is 100 Å². The number of rotatable bonds is 6. The molecule has 7 nitrogen and oxygen atoms in total. The molecule has 0 spiro atoms. The van der Waals surface area contributed by atoms with Crippen molar-refractivity contribution in [2.24, 2.45) is 0 Å². The number of pyridine rings is 1. The second-order valence-electron chi connectivity index (χ2n) is 4.76. The van der Waals surface area contributed by atoms with E-state index in [0.29, 0.717) is 5.82 Å². The van der Waals surface area contributed by atoms with Gasteiger partial charge in [0.25, 0.3) is 0 Å². The minimum atomic E-state index is -3.87. The second-order valence-corrected chi connectivity index (χ2v) is 6.88. The third-order valence-electron chi connectivity index (χ3n) is 2.52. The number of hydrogen-bond donors (Lipinski definition) is 3. The maximum Gasteiger partial charge on any atom is 0.242 e. The molecule has 1 aromatic rings. The van der Waals surface area contributed by atoms with Crippen LogP contribution in [0.15, 0.2) is 17.2 Å². The first-order valence-corrected chi connectivity index (χ1v) is 8.19. The fourth-order valence-corrected chi connectivity index (χ4v) is 3.01. The van der Waals surface area contributed by atoms with Crippen molar-refractivity contribution in [2.75, 3.05) is 12.4 Å². The molecule has 1 amide bonds. The number of anilines is 1. The Morgan fingerprint density at radius 3 is 2.43 bits per heavy atom. The van der Waals surface area contributed by atoms with Gasteiger partial charge in [-0.3, -0.25) is 4.79 Å². The molecule has 3 N–H and O–H groups in total. The number of nitrogens with zero attached hydrogens (tertiary/aromatic N) is 1. The van der Waals surface area contributed by atoms with Gasteiger partial charge in [-0.15, -0.1) is 0 Å². The molecule has 0 aromatic carbocycles. The van der Waals surface area contributed by atoms with Gasteiger partial charge in [0.1, 0.15) is 10.7 Å². The third kappa shape index (κ3) is 4.83. The summed E-state index contributed by atoms with van der Waals surface area (Å²) in [5, 5.41) is 5.54. The van der Waals surface area contributed by atoms with E-state index >= 15 is 0 Å². The van der Waals surface area contributed by atoms with Gasteiger partial charge in [0.05, 0.1) is 11.1 Å². The van der Waals surface area contributed by atoms with E-state index in [0.717, 1.165) is 0 Å². The summed E-state index contributed by atoms with van der Waals surface area (Å²) in [6, 6.07) is 0.297. The maximum absolute atomic E-state index is 12.2. The van der Waals surface area contributed by atoms with Crippen molar-refractivity contribution < 1.29 is 13.2 Å². The first kappa shape index (κ1) is 17.7. The van der Waals surface area contributed by atoms with Crippen LogP contribution >= 0.6 is 11.6 Å². The Morgan fingerprint density at radius 2 is 1.95 bits per heavy atom. The van der Waals surface area contributed by atoms with Crippen LogP contribution < -0.4 is 15.4 Å². The van der Waals surface area contributed by atoms with Gasteiger partial charge in [-0.25, -0.2) is 13.4 Å². The van der Waals surface area contributed by atoms with Gasteiger partial charge in [0.15, 0.2) is 0 Å². The number of halogens is 1. The summed E-state index contributed by atoms with van der Waals surface area (Å²) in [6.45, 7) is 5.05. The van der Waals surface area contributed by atoms with Gasteiger partial charge in [-0.1, -0.05) is 11.6 Å². The average molecular weight is 335 g/mol. The zero-order valence-electron chi connectivity index (χ0n) is 12.3. The summed E-state index contributed by atoms with van der Waals surface area (Å²) in [7, 11) is -2.25. The van der Waals surface area contributed by atoms with Crippen LogP contribution in [-0.4, -0.2) is 38.4 Å². The molecule has 1 aromatic heterocycles. The Hall–Kier alpha value is -1.38. The van der Waals surface area contributed by atoms with Gasteiger partial charge in [-0.05, 0) is 26.8 Å². The molecule has 1 unspecified atom stereocenters. The quantitative estimate of drug-likeness (QED) is 0.719. The highest BCUT2D eigenvalue weighted by molar-refractivity contribution is 7.89. The molecule has 0 aliphatic heterocycles. The van der Waals surface area contributed by atoms with Gasteiger partial charge < -0.3 is 10.6 Å². The van der Waals surface area contributed by atoms with Gasteiger partial charge in [-0.2, -0.15) is 4.72 Å². The van der Waals surface area contributed by atoms with Crippen molar-refractivity contribution in [3.63, 3.8) is 0 Å². The fraction of sp³-hybridized carbons (Fsp3) is 0.500. The maximum atomic E-state index is 12.2. The second kappa shape index (κ2) is 7.06. The van der Waals surface area contributed by atoms with Gasteiger partial charge >= 0.3 is 0 Å². The molecule has 0 saturated heterocycles. The van der Waals surface area contributed by atoms with Crippen LogP contribution in [0.5, 0.6) is 0 Å². The lowest BCUT2D eigenvalue weighted by molar-refractivity contribution is -0.122. The molecule has 0 aliphatic rings. The van der Waals surface area contributed by atoms with Crippen molar-refractivity contribution in [3.05, 3.63) is 17.3 Å². The van der Waals surface area contributed by atoms with E-state index in [1.165, 1.54) is 19.2 Å². The first-order chi connectivity index (χ1) is 9.67. The molecule has 1 rings (SSSR count). The lowest BCUT2D eigenvalue weighted by Crippen LogP contribution is -2.46. The number of nitrogens with one attached hydrogen (secondary N) is 3. The van der Waals surface area contributed by atoms with Gasteiger partial charge in [0, 0.05) is 19.3 Å². The van der Waals surface area contributed by atoms with E-state index in [4.69, 9.17) is 11.6 Å². The highest BCUT2D eigenvalue weighted by Crippen LogP contribution is 2.21. The predicted molar refractivity (Wildman–Crippen MR) is 81.9 cm³/mol. The van der Waals surface area contributed by atoms with Crippen LogP contribution in [0.4, 0.5) is 5.82 Å². The molecule has 0 bridgehead atoms. The van der Waals surface area contributed by atoms with E-state index in [1.54, 1.807) is 20.9 Å². The van der Waals surface area contributed by atoms with Crippen LogP contribution in [0.2, 0.25) is 5.02 Å².